The van der Waals surface area contributed by atoms with E-state index in [4.69, 9.17) is 4.98 Å². The molecule has 0 bridgehead atoms. The average molecular weight is 629 g/mol. The number of H-pyrrole nitrogens is 1. The number of benzene rings is 3. The molecule has 1 amide bonds. The molecular formula is C31H20F4N8OS. The minimum absolute atomic E-state index is 0.140. The van der Waals surface area contributed by atoms with Crippen molar-refractivity contribution in [1.29, 1.82) is 0 Å². The molecule has 0 radical (unpaired) electrons. The predicted octanol–water partition coefficient (Wildman–Crippen LogP) is 7.86. The van der Waals surface area contributed by atoms with Gasteiger partial charge in [-0.25, -0.2) is 24.3 Å². The number of thiazole rings is 1. The lowest BCUT2D eigenvalue weighted by Gasteiger charge is -2.10. The largest absolute Gasteiger partial charge is 0.449 e. The maximum absolute atomic E-state index is 13.8. The molecule has 224 valence electrons. The molecule has 0 fully saturated rings. The van der Waals surface area contributed by atoms with Crippen LogP contribution in [-0.2, 0) is 6.18 Å². The Kier molecular flexibility index (Phi) is 6.77. The lowest BCUT2D eigenvalue weighted by Crippen LogP contribution is -2.13. The normalized spacial score (nSPS) is 11.8. The first-order chi connectivity index (χ1) is 21.6. The third-order valence-electron chi connectivity index (χ3n) is 7.01. The average Bonchev–Trinajstić information content (AvgIpc) is 3.73. The molecule has 0 spiro atoms. The number of aryl methyl sites for hydroxylation is 1. The lowest BCUT2D eigenvalue weighted by molar-refractivity contribution is -0.144. The van der Waals surface area contributed by atoms with E-state index in [0.29, 0.717) is 44.5 Å². The molecule has 4 heterocycles. The third kappa shape index (κ3) is 5.47. The van der Waals surface area contributed by atoms with E-state index in [0.717, 1.165) is 0 Å². The van der Waals surface area contributed by atoms with Gasteiger partial charge in [0.25, 0.3) is 5.91 Å². The van der Waals surface area contributed by atoms with E-state index < -0.39 is 23.7 Å². The molecule has 4 aromatic heterocycles. The van der Waals surface area contributed by atoms with Gasteiger partial charge >= 0.3 is 6.18 Å². The van der Waals surface area contributed by atoms with E-state index in [2.05, 4.69) is 30.6 Å². The van der Waals surface area contributed by atoms with Gasteiger partial charge in [-0.3, -0.25) is 9.20 Å². The van der Waals surface area contributed by atoms with Crippen molar-refractivity contribution >= 4 is 50.6 Å². The van der Waals surface area contributed by atoms with Crippen LogP contribution in [0.5, 0.6) is 0 Å². The fraction of sp³-hybridized carbons (Fsp3) is 0.0645. The van der Waals surface area contributed by atoms with Crippen LogP contribution in [0.4, 0.5) is 34.9 Å². The van der Waals surface area contributed by atoms with E-state index in [1.165, 1.54) is 35.6 Å². The highest BCUT2D eigenvalue weighted by Gasteiger charge is 2.34. The van der Waals surface area contributed by atoms with E-state index >= 15 is 0 Å². The molecule has 14 heteroatoms. The van der Waals surface area contributed by atoms with Gasteiger partial charge in [-0.1, -0.05) is 18.2 Å². The molecule has 0 aliphatic carbocycles. The minimum atomic E-state index is -4.59. The number of carbonyl (C=O) groups excluding carboxylic acids is 1. The number of aromatic amines is 1. The summed E-state index contributed by atoms with van der Waals surface area (Å²) in [6.07, 6.45) is -1.17. The molecule has 7 aromatic rings. The topological polar surface area (TPSA) is 113 Å². The molecule has 45 heavy (non-hydrogen) atoms. The molecular weight excluding hydrogens is 608 g/mol. The number of alkyl halides is 3. The fourth-order valence-electron chi connectivity index (χ4n) is 4.91. The van der Waals surface area contributed by atoms with Crippen molar-refractivity contribution in [3.05, 3.63) is 107 Å². The second-order valence-corrected chi connectivity index (χ2v) is 10.9. The minimum Gasteiger partial charge on any atom is -0.334 e. The van der Waals surface area contributed by atoms with Gasteiger partial charge in [-0.15, -0.1) is 11.3 Å². The van der Waals surface area contributed by atoms with E-state index in [1.54, 1.807) is 49.5 Å². The molecule has 9 nitrogen and oxygen atoms in total. The number of aromatic nitrogens is 6. The summed E-state index contributed by atoms with van der Waals surface area (Å²) in [5.41, 5.74) is 4.70. The van der Waals surface area contributed by atoms with Gasteiger partial charge in [0.15, 0.2) is 4.96 Å². The van der Waals surface area contributed by atoms with Crippen LogP contribution in [-0.4, -0.2) is 35.2 Å². The number of nitrogens with zero attached hydrogens (tertiary/aromatic N) is 5. The van der Waals surface area contributed by atoms with Crippen LogP contribution in [0, 0.1) is 12.7 Å². The Balaban J connectivity index is 1.21. The molecule has 0 unspecified atom stereocenters. The van der Waals surface area contributed by atoms with Crippen LogP contribution in [0.25, 0.3) is 38.6 Å². The molecule has 7 rings (SSSR count). The number of imidazole rings is 2. The zero-order chi connectivity index (χ0) is 31.3. The highest BCUT2D eigenvalue weighted by atomic mass is 32.1. The summed E-state index contributed by atoms with van der Waals surface area (Å²) in [6.45, 7) is 1.74. The number of halogens is 4. The van der Waals surface area contributed by atoms with E-state index in [9.17, 15) is 22.4 Å². The lowest BCUT2D eigenvalue weighted by atomic mass is 10.1. The van der Waals surface area contributed by atoms with E-state index in [1.807, 2.05) is 22.0 Å². The third-order valence-corrected chi connectivity index (χ3v) is 7.76. The second-order valence-electron chi connectivity index (χ2n) is 10.1. The number of hydrogen-bond acceptors (Lipinski definition) is 7. The summed E-state index contributed by atoms with van der Waals surface area (Å²) >= 11 is 1.44. The van der Waals surface area contributed by atoms with Gasteiger partial charge in [-0.05, 0) is 61.0 Å². The highest BCUT2D eigenvalue weighted by molar-refractivity contribution is 7.15. The maximum atomic E-state index is 13.8. The van der Waals surface area contributed by atoms with Crippen LogP contribution in [0.15, 0.2) is 84.5 Å². The Morgan fingerprint density at radius 3 is 2.69 bits per heavy atom. The Labute approximate surface area is 255 Å². The maximum Gasteiger partial charge on any atom is 0.449 e. The van der Waals surface area contributed by atoms with Crippen LogP contribution in [0.1, 0.15) is 21.7 Å². The Morgan fingerprint density at radius 1 is 0.978 bits per heavy atom. The first-order valence-electron chi connectivity index (χ1n) is 13.4. The van der Waals surface area contributed by atoms with Crippen molar-refractivity contribution in [3.8, 4) is 22.6 Å². The van der Waals surface area contributed by atoms with Crippen molar-refractivity contribution in [2.45, 2.75) is 13.1 Å². The van der Waals surface area contributed by atoms with Crippen molar-refractivity contribution in [2.75, 3.05) is 10.6 Å². The molecule has 0 atom stereocenters. The molecule has 0 saturated carbocycles. The molecule has 0 saturated heterocycles. The van der Waals surface area contributed by atoms with Crippen molar-refractivity contribution in [3.63, 3.8) is 0 Å². The monoisotopic (exact) mass is 628 g/mol. The number of carbonyl (C=O) groups is 1. The fourth-order valence-corrected chi connectivity index (χ4v) is 5.63. The van der Waals surface area contributed by atoms with Crippen molar-refractivity contribution < 1.29 is 22.4 Å². The zero-order valence-electron chi connectivity index (χ0n) is 23.1. The number of hydrogen-bond donors (Lipinski definition) is 3. The smallest absolute Gasteiger partial charge is 0.334 e. The van der Waals surface area contributed by atoms with Gasteiger partial charge in [0, 0.05) is 40.3 Å². The van der Waals surface area contributed by atoms with Crippen LogP contribution in [0.2, 0.25) is 0 Å². The first-order valence-corrected chi connectivity index (χ1v) is 14.3. The number of rotatable bonds is 6. The number of amides is 1. The SMILES string of the molecule is Cc1ccc(F)cc1C(=O)Nc1cccc(-c2nc3sccn3c2-c2ccnc(Nc3ccc4[nH]c(C(F)(F)F)nc4c3)n2)c1. The molecule has 3 aromatic carbocycles. The second kappa shape index (κ2) is 10.8. The van der Waals surface area contributed by atoms with Gasteiger partial charge in [0.1, 0.15) is 11.5 Å². The van der Waals surface area contributed by atoms with Crippen molar-refractivity contribution in [2.24, 2.45) is 0 Å². The summed E-state index contributed by atoms with van der Waals surface area (Å²) in [4.78, 5) is 33.4. The number of fused-ring (bicyclic) bond motifs is 2. The number of nitrogens with one attached hydrogen (secondary N) is 3. The van der Waals surface area contributed by atoms with Gasteiger partial charge < -0.3 is 15.6 Å². The molecule has 0 aliphatic heterocycles. The highest BCUT2D eigenvalue weighted by Crippen LogP contribution is 2.35. The summed E-state index contributed by atoms with van der Waals surface area (Å²) < 4.78 is 55.0. The van der Waals surface area contributed by atoms with Gasteiger partial charge in [0.05, 0.1) is 22.4 Å². The van der Waals surface area contributed by atoms with Crippen LogP contribution in [0.3, 0.4) is 0 Å². The quantitative estimate of drug-likeness (QED) is 0.162. The number of anilines is 3. The van der Waals surface area contributed by atoms with Gasteiger partial charge in [0.2, 0.25) is 11.8 Å². The molecule has 3 N–H and O–H groups in total. The summed E-state index contributed by atoms with van der Waals surface area (Å²) in [5.74, 6) is -1.81. The van der Waals surface area contributed by atoms with Crippen LogP contribution >= 0.6 is 11.3 Å². The summed E-state index contributed by atoms with van der Waals surface area (Å²) in [5, 5.41) is 7.77. The van der Waals surface area contributed by atoms with Gasteiger partial charge in [-0.2, -0.15) is 13.2 Å². The summed E-state index contributed by atoms with van der Waals surface area (Å²) in [7, 11) is 0. The Morgan fingerprint density at radius 2 is 1.84 bits per heavy atom. The standard InChI is InChI=1S/C31H20F4N8OS/c1-16-5-6-18(32)14-21(16)27(44)37-19-4-2-3-17(13-19)25-26(43-11-12-45-30(43)42-25)23-9-10-36-29(41-23)38-20-7-8-22-24(15-20)40-28(39-22)31(33,34)35/h2-15H,1H3,(H,37,44)(H,39,40)(H,36,38,41). The zero-order valence-corrected chi connectivity index (χ0v) is 24.0. The Hall–Kier alpha value is -5.63. The van der Waals surface area contributed by atoms with Crippen LogP contribution < -0.4 is 10.6 Å². The first kappa shape index (κ1) is 28.2. The summed E-state index contributed by atoms with van der Waals surface area (Å²) in [6, 6.07) is 17.5. The van der Waals surface area contributed by atoms with E-state index in [-0.39, 0.29) is 22.5 Å². The van der Waals surface area contributed by atoms with Crippen molar-refractivity contribution in [1.82, 2.24) is 29.3 Å². The molecule has 0 aliphatic rings. The Bertz CT molecular complexity index is 2240. The predicted molar refractivity (Wildman–Crippen MR) is 163 cm³/mol.